The van der Waals surface area contributed by atoms with Gasteiger partial charge in [0.05, 0.1) is 6.10 Å². The third-order valence-corrected chi connectivity index (χ3v) is 2.59. The molecule has 0 amide bonds. The van der Waals surface area contributed by atoms with E-state index in [9.17, 15) is 5.11 Å². The van der Waals surface area contributed by atoms with Gasteiger partial charge in [0.2, 0.25) is 0 Å². The summed E-state index contributed by atoms with van der Waals surface area (Å²) in [5, 5.41) is 9.39. The van der Waals surface area contributed by atoms with Crippen molar-refractivity contribution in [1.29, 1.82) is 0 Å². The van der Waals surface area contributed by atoms with Crippen molar-refractivity contribution in [3.8, 4) is 0 Å². The van der Waals surface area contributed by atoms with Crippen LogP contribution in [0.4, 0.5) is 0 Å². The van der Waals surface area contributed by atoms with Crippen LogP contribution in [0.15, 0.2) is 48.8 Å². The van der Waals surface area contributed by atoms with Gasteiger partial charge < -0.3 is 5.11 Å². The minimum Gasteiger partial charge on any atom is -0.389 e. The van der Waals surface area contributed by atoms with Crippen LogP contribution in [0.2, 0.25) is 0 Å². The highest BCUT2D eigenvalue weighted by Crippen LogP contribution is 2.14. The molecule has 2 rings (SSSR count). The Morgan fingerprint density at radius 3 is 2.44 bits per heavy atom. The van der Waals surface area contributed by atoms with Gasteiger partial charge in [-0.1, -0.05) is 30.3 Å². The second-order valence-corrected chi connectivity index (χ2v) is 3.96. The molecule has 2 aromatic rings. The second kappa shape index (κ2) is 4.90. The lowest BCUT2D eigenvalue weighted by Gasteiger charge is -2.06. The van der Waals surface area contributed by atoms with Gasteiger partial charge in [0, 0.05) is 12.4 Å². The molecule has 1 N–H and O–H groups in total. The van der Waals surface area contributed by atoms with E-state index < -0.39 is 6.10 Å². The number of hydrogen-bond acceptors (Lipinski definition) is 2. The van der Waals surface area contributed by atoms with E-state index in [2.05, 4.69) is 23.2 Å². The normalized spacial score (nSPS) is 12.4. The van der Waals surface area contributed by atoms with Gasteiger partial charge in [0.1, 0.15) is 0 Å². The Kier molecular flexibility index (Phi) is 3.32. The predicted octanol–water partition coefficient (Wildman–Crippen LogP) is 2.73. The molecule has 0 bridgehead atoms. The molecular weight excluding hydrogens is 198 g/mol. The van der Waals surface area contributed by atoms with Crippen LogP contribution in [0.3, 0.4) is 0 Å². The minimum absolute atomic E-state index is 0.396. The van der Waals surface area contributed by atoms with E-state index in [0.717, 1.165) is 12.0 Å². The highest BCUT2D eigenvalue weighted by atomic mass is 16.3. The molecule has 0 aliphatic heterocycles. The topological polar surface area (TPSA) is 33.1 Å². The van der Waals surface area contributed by atoms with Crippen LogP contribution in [-0.2, 0) is 6.42 Å². The third-order valence-electron chi connectivity index (χ3n) is 2.59. The molecule has 0 radical (unpaired) electrons. The predicted molar refractivity (Wildman–Crippen MR) is 64.1 cm³/mol. The third kappa shape index (κ3) is 2.67. The molecule has 1 heterocycles. The number of aliphatic hydroxyl groups is 1. The summed E-state index contributed by atoms with van der Waals surface area (Å²) >= 11 is 0. The molecule has 0 fully saturated rings. The number of aromatic nitrogens is 1. The summed E-state index contributed by atoms with van der Waals surface area (Å²) in [6.45, 7) is 1.77. The van der Waals surface area contributed by atoms with Gasteiger partial charge in [-0.15, -0.1) is 0 Å². The van der Waals surface area contributed by atoms with E-state index in [0.29, 0.717) is 0 Å². The zero-order chi connectivity index (χ0) is 11.4. The molecule has 1 atom stereocenters. The summed E-state index contributed by atoms with van der Waals surface area (Å²) in [6, 6.07) is 12.0. The van der Waals surface area contributed by atoms with Crippen LogP contribution < -0.4 is 0 Å². The van der Waals surface area contributed by atoms with Crippen molar-refractivity contribution in [3.05, 3.63) is 65.5 Å². The van der Waals surface area contributed by atoms with Crippen molar-refractivity contribution in [2.24, 2.45) is 0 Å². The minimum atomic E-state index is -0.396. The van der Waals surface area contributed by atoms with Crippen molar-refractivity contribution in [2.45, 2.75) is 19.4 Å². The van der Waals surface area contributed by atoms with E-state index in [-0.39, 0.29) is 0 Å². The smallest absolute Gasteiger partial charge is 0.0761 e. The fourth-order valence-corrected chi connectivity index (χ4v) is 1.65. The van der Waals surface area contributed by atoms with E-state index in [4.69, 9.17) is 0 Å². The van der Waals surface area contributed by atoms with Gasteiger partial charge >= 0.3 is 0 Å². The first kappa shape index (κ1) is 10.8. The maximum Gasteiger partial charge on any atom is 0.0761 e. The molecule has 82 valence electrons. The van der Waals surface area contributed by atoms with Crippen LogP contribution in [0.1, 0.15) is 29.7 Å². The zero-order valence-electron chi connectivity index (χ0n) is 9.30. The summed E-state index contributed by atoms with van der Waals surface area (Å²) in [7, 11) is 0. The number of hydrogen-bond donors (Lipinski definition) is 1. The Balaban J connectivity index is 2.11. The average molecular weight is 213 g/mol. The average Bonchev–Trinajstić information content (AvgIpc) is 2.31. The van der Waals surface area contributed by atoms with Gasteiger partial charge in [-0.2, -0.15) is 0 Å². The van der Waals surface area contributed by atoms with E-state index >= 15 is 0 Å². The molecular formula is C14H15NO. The fraction of sp³-hybridized carbons (Fsp3) is 0.214. The Morgan fingerprint density at radius 1 is 1.12 bits per heavy atom. The number of aliphatic hydroxyl groups excluding tert-OH is 1. The lowest BCUT2D eigenvalue weighted by atomic mass is 10.0. The van der Waals surface area contributed by atoms with Crippen molar-refractivity contribution < 1.29 is 5.11 Å². The molecule has 0 saturated carbocycles. The zero-order valence-corrected chi connectivity index (χ0v) is 9.30. The van der Waals surface area contributed by atoms with E-state index in [1.807, 2.05) is 24.4 Å². The van der Waals surface area contributed by atoms with E-state index in [1.165, 1.54) is 11.1 Å². The quantitative estimate of drug-likeness (QED) is 0.850. The summed E-state index contributed by atoms with van der Waals surface area (Å²) < 4.78 is 0. The maximum absolute atomic E-state index is 9.39. The molecule has 1 aromatic heterocycles. The highest BCUT2D eigenvalue weighted by Gasteiger charge is 2.00. The SMILES string of the molecule is CC(O)c1ccc(Cc2cccnc2)cc1. The fourth-order valence-electron chi connectivity index (χ4n) is 1.65. The molecule has 0 spiro atoms. The summed E-state index contributed by atoms with van der Waals surface area (Å²) in [4.78, 5) is 4.09. The highest BCUT2D eigenvalue weighted by molar-refractivity contribution is 5.28. The number of rotatable bonds is 3. The van der Waals surface area contributed by atoms with Gasteiger partial charge in [0.15, 0.2) is 0 Å². The Hall–Kier alpha value is -1.67. The van der Waals surface area contributed by atoms with Gasteiger partial charge in [-0.3, -0.25) is 4.98 Å². The molecule has 1 aromatic carbocycles. The summed E-state index contributed by atoms with van der Waals surface area (Å²) in [5.74, 6) is 0. The number of nitrogens with zero attached hydrogens (tertiary/aromatic N) is 1. The monoisotopic (exact) mass is 213 g/mol. The Labute approximate surface area is 95.6 Å². The van der Waals surface area contributed by atoms with Crippen LogP contribution >= 0.6 is 0 Å². The van der Waals surface area contributed by atoms with Crippen LogP contribution in [0.25, 0.3) is 0 Å². The number of pyridine rings is 1. The first-order chi connectivity index (χ1) is 7.75. The number of benzene rings is 1. The van der Waals surface area contributed by atoms with Crippen molar-refractivity contribution in [3.63, 3.8) is 0 Å². The first-order valence-electron chi connectivity index (χ1n) is 5.41. The standard InChI is InChI=1S/C14H15NO/c1-11(16)14-6-4-12(5-7-14)9-13-3-2-8-15-10-13/h2-8,10-11,16H,9H2,1H3. The lowest BCUT2D eigenvalue weighted by Crippen LogP contribution is -1.93. The molecule has 0 saturated heterocycles. The summed E-state index contributed by atoms with van der Waals surface area (Å²) in [5.41, 5.74) is 3.39. The van der Waals surface area contributed by atoms with Crippen molar-refractivity contribution in [2.75, 3.05) is 0 Å². The molecule has 0 aliphatic rings. The molecule has 2 heteroatoms. The largest absolute Gasteiger partial charge is 0.389 e. The van der Waals surface area contributed by atoms with Crippen molar-refractivity contribution >= 4 is 0 Å². The van der Waals surface area contributed by atoms with E-state index in [1.54, 1.807) is 13.1 Å². The van der Waals surface area contributed by atoms with Gasteiger partial charge in [-0.25, -0.2) is 0 Å². The molecule has 0 aliphatic carbocycles. The Bertz CT molecular complexity index is 434. The van der Waals surface area contributed by atoms with Gasteiger partial charge in [-0.05, 0) is 36.1 Å². The van der Waals surface area contributed by atoms with Gasteiger partial charge in [0.25, 0.3) is 0 Å². The first-order valence-corrected chi connectivity index (χ1v) is 5.41. The maximum atomic E-state index is 9.39. The molecule has 2 nitrogen and oxygen atoms in total. The second-order valence-electron chi connectivity index (χ2n) is 3.96. The molecule has 1 unspecified atom stereocenters. The Morgan fingerprint density at radius 2 is 1.88 bits per heavy atom. The van der Waals surface area contributed by atoms with Crippen LogP contribution in [-0.4, -0.2) is 10.1 Å². The lowest BCUT2D eigenvalue weighted by molar-refractivity contribution is 0.199. The van der Waals surface area contributed by atoms with Crippen LogP contribution in [0, 0.1) is 0 Å². The van der Waals surface area contributed by atoms with Crippen LogP contribution in [0.5, 0.6) is 0 Å². The molecule has 16 heavy (non-hydrogen) atoms. The summed E-state index contributed by atoms with van der Waals surface area (Å²) in [6.07, 6.45) is 4.14. The van der Waals surface area contributed by atoms with Crippen molar-refractivity contribution in [1.82, 2.24) is 4.98 Å².